The Bertz CT molecular complexity index is 786. The van der Waals surface area contributed by atoms with Gasteiger partial charge in [0.15, 0.2) is 12.7 Å². The summed E-state index contributed by atoms with van der Waals surface area (Å²) in [5.74, 6) is 1.10. The van der Waals surface area contributed by atoms with E-state index in [1.165, 1.54) is 12.1 Å². The molecule has 0 aromatic heterocycles. The Morgan fingerprint density at radius 1 is 0.929 bits per heavy atom. The zero-order valence-corrected chi connectivity index (χ0v) is 15.8. The number of ether oxygens (including phenoxy) is 2. The third-order valence-corrected chi connectivity index (χ3v) is 4.55. The number of phenols is 1. The van der Waals surface area contributed by atoms with Crippen molar-refractivity contribution in [2.45, 2.75) is 13.0 Å². The van der Waals surface area contributed by atoms with Gasteiger partial charge in [-0.2, -0.15) is 0 Å². The zero-order valence-electron chi connectivity index (χ0n) is 15.8. The lowest BCUT2D eigenvalue weighted by Crippen LogP contribution is -2.54. The fraction of sp³-hybridized carbons (Fsp3) is 0.333. The molecule has 7 heteroatoms. The van der Waals surface area contributed by atoms with Crippen molar-refractivity contribution in [1.82, 2.24) is 9.80 Å². The van der Waals surface area contributed by atoms with Crippen LogP contribution >= 0.6 is 0 Å². The molecule has 0 saturated carbocycles. The summed E-state index contributed by atoms with van der Waals surface area (Å²) in [7, 11) is 0. The average molecular weight is 384 g/mol. The van der Waals surface area contributed by atoms with Gasteiger partial charge in [-0.15, -0.1) is 0 Å². The van der Waals surface area contributed by atoms with Crippen molar-refractivity contribution in [3.05, 3.63) is 54.6 Å². The van der Waals surface area contributed by atoms with E-state index in [-0.39, 0.29) is 24.2 Å². The Morgan fingerprint density at radius 3 is 2.18 bits per heavy atom. The predicted molar refractivity (Wildman–Crippen MR) is 103 cm³/mol. The van der Waals surface area contributed by atoms with E-state index in [1.54, 1.807) is 41.0 Å². The van der Waals surface area contributed by atoms with Crippen molar-refractivity contribution >= 4 is 11.8 Å². The number of aromatic hydroxyl groups is 1. The van der Waals surface area contributed by atoms with E-state index < -0.39 is 6.10 Å². The zero-order chi connectivity index (χ0) is 19.9. The summed E-state index contributed by atoms with van der Waals surface area (Å²) in [6, 6.07) is 15.4. The van der Waals surface area contributed by atoms with Crippen LogP contribution in [0.2, 0.25) is 0 Å². The molecule has 0 bridgehead atoms. The SMILES string of the molecule is CC(Oc1ccc(O)cc1)C(=O)N1CCN(C(=O)COc2ccccc2)CC1. The van der Waals surface area contributed by atoms with Gasteiger partial charge in [-0.3, -0.25) is 9.59 Å². The minimum atomic E-state index is -0.645. The topological polar surface area (TPSA) is 79.3 Å². The summed E-state index contributed by atoms with van der Waals surface area (Å²) in [4.78, 5) is 28.3. The average Bonchev–Trinajstić information content (AvgIpc) is 2.74. The minimum Gasteiger partial charge on any atom is -0.508 e. The van der Waals surface area contributed by atoms with E-state index in [4.69, 9.17) is 9.47 Å². The van der Waals surface area contributed by atoms with Crippen LogP contribution in [0.1, 0.15) is 6.92 Å². The van der Waals surface area contributed by atoms with Gasteiger partial charge in [0.25, 0.3) is 11.8 Å². The lowest BCUT2D eigenvalue weighted by molar-refractivity contribution is -0.144. The lowest BCUT2D eigenvalue weighted by Gasteiger charge is -2.35. The first-order valence-electron chi connectivity index (χ1n) is 9.23. The normalized spacial score (nSPS) is 15.0. The standard InChI is InChI=1S/C21H24N2O5/c1-16(28-19-9-7-17(24)8-10-19)21(26)23-13-11-22(12-14-23)20(25)15-27-18-5-3-2-4-6-18/h2-10,16,24H,11-15H2,1H3. The van der Waals surface area contributed by atoms with Gasteiger partial charge in [0, 0.05) is 26.2 Å². The van der Waals surface area contributed by atoms with Crippen molar-refractivity contribution < 1.29 is 24.2 Å². The highest BCUT2D eigenvalue weighted by Crippen LogP contribution is 2.18. The molecule has 7 nitrogen and oxygen atoms in total. The first kappa shape index (κ1) is 19.5. The third kappa shape index (κ3) is 5.16. The number of hydrogen-bond donors (Lipinski definition) is 1. The Kier molecular flexibility index (Phi) is 6.37. The van der Waals surface area contributed by atoms with E-state index in [0.717, 1.165) is 0 Å². The molecule has 2 amide bonds. The summed E-state index contributed by atoms with van der Waals surface area (Å²) in [6.45, 7) is 3.53. The first-order chi connectivity index (χ1) is 13.5. The van der Waals surface area contributed by atoms with Gasteiger partial charge in [-0.25, -0.2) is 0 Å². The minimum absolute atomic E-state index is 0.0155. The summed E-state index contributed by atoms with van der Waals surface area (Å²) in [6.07, 6.45) is -0.645. The van der Waals surface area contributed by atoms with Crippen LogP contribution in [0, 0.1) is 0 Å². The summed E-state index contributed by atoms with van der Waals surface area (Å²) >= 11 is 0. The number of rotatable bonds is 6. The summed E-state index contributed by atoms with van der Waals surface area (Å²) < 4.78 is 11.1. The van der Waals surface area contributed by atoms with Gasteiger partial charge in [0.05, 0.1) is 0 Å². The number of amides is 2. The van der Waals surface area contributed by atoms with E-state index in [2.05, 4.69) is 0 Å². The van der Waals surface area contributed by atoms with Crippen LogP contribution in [-0.4, -0.2) is 65.6 Å². The van der Waals surface area contributed by atoms with Crippen molar-refractivity contribution in [3.8, 4) is 17.2 Å². The second-order valence-electron chi connectivity index (χ2n) is 6.56. The van der Waals surface area contributed by atoms with Gasteiger partial charge in [-0.05, 0) is 43.3 Å². The summed E-state index contributed by atoms with van der Waals surface area (Å²) in [5.41, 5.74) is 0. The third-order valence-electron chi connectivity index (χ3n) is 4.55. The Morgan fingerprint density at radius 2 is 1.54 bits per heavy atom. The number of benzene rings is 2. The molecule has 0 spiro atoms. The van der Waals surface area contributed by atoms with Crippen molar-refractivity contribution in [3.63, 3.8) is 0 Å². The van der Waals surface area contributed by atoms with Crippen molar-refractivity contribution in [2.75, 3.05) is 32.8 Å². The Hall–Kier alpha value is -3.22. The molecule has 148 valence electrons. The Labute approximate surface area is 164 Å². The maximum absolute atomic E-state index is 12.6. The fourth-order valence-electron chi connectivity index (χ4n) is 2.97. The highest BCUT2D eigenvalue weighted by atomic mass is 16.5. The molecule has 0 aliphatic carbocycles. The molecule has 1 atom stereocenters. The second-order valence-corrected chi connectivity index (χ2v) is 6.56. The van der Waals surface area contributed by atoms with E-state index in [1.807, 2.05) is 18.2 Å². The van der Waals surface area contributed by atoms with Crippen molar-refractivity contribution in [2.24, 2.45) is 0 Å². The number of hydrogen-bond acceptors (Lipinski definition) is 5. The van der Waals surface area contributed by atoms with Gasteiger partial charge < -0.3 is 24.4 Å². The monoisotopic (exact) mass is 384 g/mol. The highest BCUT2D eigenvalue weighted by Gasteiger charge is 2.28. The second kappa shape index (κ2) is 9.12. The molecule has 1 heterocycles. The van der Waals surface area contributed by atoms with Crippen LogP contribution in [0.25, 0.3) is 0 Å². The Balaban J connectivity index is 1.44. The molecule has 0 radical (unpaired) electrons. The van der Waals surface area contributed by atoms with Crippen molar-refractivity contribution in [1.29, 1.82) is 0 Å². The van der Waals surface area contributed by atoms with E-state index in [0.29, 0.717) is 37.7 Å². The molecule has 2 aromatic rings. The van der Waals surface area contributed by atoms with Crippen LogP contribution in [0.3, 0.4) is 0 Å². The van der Waals surface area contributed by atoms with Crippen LogP contribution in [0.5, 0.6) is 17.2 Å². The fourth-order valence-corrected chi connectivity index (χ4v) is 2.97. The molecule has 1 saturated heterocycles. The number of nitrogens with zero attached hydrogens (tertiary/aromatic N) is 2. The first-order valence-corrected chi connectivity index (χ1v) is 9.23. The lowest BCUT2D eigenvalue weighted by atomic mass is 10.2. The number of piperazine rings is 1. The van der Waals surface area contributed by atoms with Gasteiger partial charge in [0.1, 0.15) is 17.2 Å². The molecule has 1 aliphatic rings. The van der Waals surface area contributed by atoms with Crippen LogP contribution in [0.4, 0.5) is 0 Å². The molecule has 2 aromatic carbocycles. The smallest absolute Gasteiger partial charge is 0.263 e. The van der Waals surface area contributed by atoms with Gasteiger partial charge in [-0.1, -0.05) is 18.2 Å². The largest absolute Gasteiger partial charge is 0.508 e. The number of carbonyl (C=O) groups is 2. The van der Waals surface area contributed by atoms with Gasteiger partial charge in [0.2, 0.25) is 0 Å². The molecular formula is C21H24N2O5. The molecule has 1 aliphatic heterocycles. The van der Waals surface area contributed by atoms with E-state index in [9.17, 15) is 14.7 Å². The molecule has 1 fully saturated rings. The van der Waals surface area contributed by atoms with Crippen LogP contribution in [-0.2, 0) is 9.59 Å². The predicted octanol–water partition coefficient (Wildman–Crippen LogP) is 1.91. The quantitative estimate of drug-likeness (QED) is 0.823. The molecule has 3 rings (SSSR count). The molecule has 1 unspecified atom stereocenters. The summed E-state index contributed by atoms with van der Waals surface area (Å²) in [5, 5.41) is 9.30. The van der Waals surface area contributed by atoms with Crippen LogP contribution in [0.15, 0.2) is 54.6 Å². The maximum Gasteiger partial charge on any atom is 0.263 e. The number of phenolic OH excluding ortho intramolecular Hbond substituents is 1. The molecule has 1 N–H and O–H groups in total. The van der Waals surface area contributed by atoms with Crippen LogP contribution < -0.4 is 9.47 Å². The number of para-hydroxylation sites is 1. The maximum atomic E-state index is 12.6. The highest BCUT2D eigenvalue weighted by molar-refractivity contribution is 5.82. The molecular weight excluding hydrogens is 360 g/mol. The molecule has 28 heavy (non-hydrogen) atoms. The number of carbonyl (C=O) groups excluding carboxylic acids is 2. The van der Waals surface area contributed by atoms with E-state index >= 15 is 0 Å². The van der Waals surface area contributed by atoms with Gasteiger partial charge >= 0.3 is 0 Å².